The molecule has 8 heteroatoms. The van der Waals surface area contributed by atoms with Crippen molar-refractivity contribution in [1.82, 2.24) is 10.2 Å². The molecule has 2 amide bonds. The second-order valence-corrected chi connectivity index (χ2v) is 16.6. The molecule has 4 aliphatic carbocycles. The van der Waals surface area contributed by atoms with Crippen molar-refractivity contribution in [2.45, 2.75) is 103 Å². The third-order valence-electron chi connectivity index (χ3n) is 9.80. The number of carbonyl (C=O) groups excluding carboxylic acids is 2. The van der Waals surface area contributed by atoms with Crippen LogP contribution in [0.3, 0.4) is 0 Å². The van der Waals surface area contributed by atoms with Crippen molar-refractivity contribution in [3.05, 3.63) is 65.2 Å². The minimum atomic E-state index is -3.78. The molecule has 0 aliphatic heterocycles. The lowest BCUT2D eigenvalue weighted by atomic mass is 9.48. The highest BCUT2D eigenvalue weighted by atomic mass is 32.2. The van der Waals surface area contributed by atoms with Crippen LogP contribution in [0.4, 0.5) is 5.69 Å². The lowest BCUT2D eigenvalue weighted by Gasteiger charge is -2.57. The summed E-state index contributed by atoms with van der Waals surface area (Å²) < 4.78 is 27.5. The van der Waals surface area contributed by atoms with Gasteiger partial charge in [0.1, 0.15) is 12.6 Å². The number of aryl methyl sites for hydroxylation is 1. The Kier molecular flexibility index (Phi) is 8.73. The maximum atomic E-state index is 14.1. The van der Waals surface area contributed by atoms with Crippen LogP contribution >= 0.6 is 0 Å². The van der Waals surface area contributed by atoms with E-state index in [9.17, 15) is 18.0 Å². The Labute approximate surface area is 258 Å². The number of amides is 2. The van der Waals surface area contributed by atoms with E-state index in [1.54, 1.807) is 0 Å². The van der Waals surface area contributed by atoms with E-state index in [1.807, 2.05) is 71.0 Å². The molecule has 0 saturated heterocycles. The first-order chi connectivity index (χ1) is 20.2. The highest BCUT2D eigenvalue weighted by Crippen LogP contribution is 2.60. The van der Waals surface area contributed by atoms with Crippen molar-refractivity contribution in [3.63, 3.8) is 0 Å². The summed E-state index contributed by atoms with van der Waals surface area (Å²) in [6, 6.07) is 15.0. The molecule has 0 heterocycles. The fourth-order valence-corrected chi connectivity index (χ4v) is 9.29. The third kappa shape index (κ3) is 7.11. The second-order valence-electron chi connectivity index (χ2n) is 14.7. The second kappa shape index (κ2) is 11.9. The van der Waals surface area contributed by atoms with Gasteiger partial charge in [0, 0.05) is 12.1 Å². The van der Waals surface area contributed by atoms with E-state index in [2.05, 4.69) is 17.4 Å². The van der Waals surface area contributed by atoms with Crippen molar-refractivity contribution in [3.8, 4) is 0 Å². The van der Waals surface area contributed by atoms with Crippen LogP contribution in [0.15, 0.2) is 48.5 Å². The van der Waals surface area contributed by atoms with Crippen molar-refractivity contribution in [1.29, 1.82) is 0 Å². The van der Waals surface area contributed by atoms with Crippen LogP contribution in [0, 0.1) is 24.7 Å². The first-order valence-corrected chi connectivity index (χ1v) is 17.8. The van der Waals surface area contributed by atoms with E-state index in [4.69, 9.17) is 0 Å². The number of benzene rings is 2. The monoisotopic (exact) mass is 607 g/mol. The van der Waals surface area contributed by atoms with Crippen LogP contribution in [-0.2, 0) is 31.6 Å². The van der Waals surface area contributed by atoms with Gasteiger partial charge in [-0.25, -0.2) is 8.42 Å². The molecule has 0 aromatic heterocycles. The van der Waals surface area contributed by atoms with Crippen LogP contribution in [0.1, 0.15) is 89.3 Å². The van der Waals surface area contributed by atoms with E-state index in [-0.39, 0.29) is 24.4 Å². The molecule has 2 aromatic carbocycles. The van der Waals surface area contributed by atoms with Gasteiger partial charge in [-0.1, -0.05) is 48.9 Å². The minimum Gasteiger partial charge on any atom is -0.350 e. The van der Waals surface area contributed by atoms with Crippen LogP contribution in [0.5, 0.6) is 0 Å². The average Bonchev–Trinajstić information content (AvgIpc) is 2.89. The molecule has 0 radical (unpaired) electrons. The van der Waals surface area contributed by atoms with Crippen molar-refractivity contribution in [2.75, 3.05) is 17.1 Å². The van der Waals surface area contributed by atoms with E-state index >= 15 is 0 Å². The van der Waals surface area contributed by atoms with Crippen LogP contribution in [0.25, 0.3) is 0 Å². The van der Waals surface area contributed by atoms with E-state index in [0.29, 0.717) is 12.1 Å². The number of nitrogens with one attached hydrogen (secondary N) is 1. The van der Waals surface area contributed by atoms with Gasteiger partial charge in [0.05, 0.1) is 11.9 Å². The molecular weight excluding hydrogens is 558 g/mol. The Balaban J connectivity index is 1.41. The summed E-state index contributed by atoms with van der Waals surface area (Å²) >= 11 is 0. The number of rotatable bonds is 10. The Bertz CT molecular complexity index is 1410. The first-order valence-electron chi connectivity index (χ1n) is 15.9. The van der Waals surface area contributed by atoms with Crippen LogP contribution in [0.2, 0.25) is 0 Å². The largest absolute Gasteiger partial charge is 0.350 e. The number of hydrogen-bond donors (Lipinski definition) is 1. The average molecular weight is 608 g/mol. The number of hydrogen-bond acceptors (Lipinski definition) is 4. The van der Waals surface area contributed by atoms with Crippen molar-refractivity contribution in [2.24, 2.45) is 17.8 Å². The number of carbonyl (C=O) groups is 2. The molecule has 4 fully saturated rings. The smallest absolute Gasteiger partial charge is 0.244 e. The maximum absolute atomic E-state index is 14.1. The Morgan fingerprint density at radius 3 is 2.05 bits per heavy atom. The molecule has 1 atom stereocenters. The molecule has 4 saturated carbocycles. The van der Waals surface area contributed by atoms with Gasteiger partial charge in [0.25, 0.3) is 0 Å². The number of sulfonamides is 1. The quantitative estimate of drug-likeness (QED) is 0.362. The summed E-state index contributed by atoms with van der Waals surface area (Å²) in [7, 11) is -3.78. The molecule has 2 aromatic rings. The van der Waals surface area contributed by atoms with Gasteiger partial charge in [0.15, 0.2) is 0 Å². The highest BCUT2D eigenvalue weighted by Gasteiger charge is 2.51. The van der Waals surface area contributed by atoms with Gasteiger partial charge < -0.3 is 10.2 Å². The van der Waals surface area contributed by atoms with Gasteiger partial charge in [-0.3, -0.25) is 13.9 Å². The number of nitrogens with zero attached hydrogens (tertiary/aromatic N) is 2. The predicted molar refractivity (Wildman–Crippen MR) is 172 cm³/mol. The highest BCUT2D eigenvalue weighted by molar-refractivity contribution is 7.92. The summed E-state index contributed by atoms with van der Waals surface area (Å²) in [4.78, 5) is 29.0. The lowest BCUT2D eigenvalue weighted by Crippen LogP contribution is -2.55. The minimum absolute atomic E-state index is 0.207. The molecule has 43 heavy (non-hydrogen) atoms. The van der Waals surface area contributed by atoms with Crippen molar-refractivity contribution < 1.29 is 18.0 Å². The zero-order valence-electron chi connectivity index (χ0n) is 26.7. The fraction of sp³-hybridized carbons (Fsp3) is 0.600. The molecular formula is C35H49N3O4S. The molecule has 0 spiro atoms. The normalized spacial score (nSPS) is 25.3. The summed E-state index contributed by atoms with van der Waals surface area (Å²) in [6.45, 7) is 9.41. The first kappa shape index (κ1) is 31.6. The molecule has 4 aliphatic rings. The topological polar surface area (TPSA) is 86.8 Å². The van der Waals surface area contributed by atoms with E-state index < -0.39 is 27.5 Å². The van der Waals surface area contributed by atoms with Gasteiger partial charge in [-0.05, 0) is 119 Å². The van der Waals surface area contributed by atoms with E-state index in [0.717, 1.165) is 35.1 Å². The zero-order valence-corrected chi connectivity index (χ0v) is 27.5. The molecule has 4 bridgehead atoms. The SMILES string of the molecule is CC[C@@H](C(=O)NC(C)(C)C)N(Cc1cccc(C)c1)C(=O)CN(c1ccc(C23CC4CC(CC(C4)C2)C3)cc1)S(C)(=O)=O. The summed E-state index contributed by atoms with van der Waals surface area (Å²) in [5.74, 6) is 1.79. The van der Waals surface area contributed by atoms with E-state index in [1.165, 1.54) is 53.3 Å². The fourth-order valence-electron chi connectivity index (χ4n) is 8.44. The molecule has 7 nitrogen and oxygen atoms in total. The maximum Gasteiger partial charge on any atom is 0.244 e. The summed E-state index contributed by atoms with van der Waals surface area (Å²) in [6.07, 6.45) is 9.34. The summed E-state index contributed by atoms with van der Waals surface area (Å²) in [5.41, 5.74) is 3.46. The van der Waals surface area contributed by atoms with Gasteiger partial charge in [-0.15, -0.1) is 0 Å². The Morgan fingerprint density at radius 2 is 1.56 bits per heavy atom. The van der Waals surface area contributed by atoms with Crippen LogP contribution in [-0.4, -0.2) is 49.5 Å². The molecule has 1 N–H and O–H groups in total. The lowest BCUT2D eigenvalue weighted by molar-refractivity contribution is -0.141. The number of anilines is 1. The summed E-state index contributed by atoms with van der Waals surface area (Å²) in [5, 5.41) is 3.01. The molecule has 0 unspecified atom stereocenters. The Hall–Kier alpha value is -2.87. The molecule has 6 rings (SSSR count). The Morgan fingerprint density at radius 1 is 0.977 bits per heavy atom. The molecule has 234 valence electrons. The third-order valence-corrected chi connectivity index (χ3v) is 10.9. The van der Waals surface area contributed by atoms with Crippen LogP contribution < -0.4 is 9.62 Å². The van der Waals surface area contributed by atoms with Gasteiger partial charge >= 0.3 is 0 Å². The van der Waals surface area contributed by atoms with Gasteiger partial charge in [-0.2, -0.15) is 0 Å². The van der Waals surface area contributed by atoms with Gasteiger partial charge in [0.2, 0.25) is 21.8 Å². The standard InChI is InChI=1S/C35H49N3O4S/c1-7-31(33(40)36-34(3,4)5)37(22-25-10-8-9-24(2)15-25)32(39)23-38(43(6,41)42)30-13-11-29(12-14-30)35-19-26-16-27(20-35)18-28(17-26)21-35/h8-15,26-28,31H,7,16-23H2,1-6H3,(H,36,40)/t26?,27?,28?,31-,35?/m0/s1. The predicted octanol–water partition coefficient (Wildman–Crippen LogP) is 5.95. The zero-order chi connectivity index (χ0) is 31.2. The van der Waals surface area contributed by atoms with Crippen molar-refractivity contribution >= 4 is 27.5 Å².